The Morgan fingerprint density at radius 1 is 0.886 bits per heavy atom. The van der Waals surface area contributed by atoms with Gasteiger partial charge < -0.3 is 10.2 Å². The van der Waals surface area contributed by atoms with E-state index in [1.807, 2.05) is 12.1 Å². The molecule has 1 aliphatic rings. The molecular weight excluding hydrogens is 448 g/mol. The van der Waals surface area contributed by atoms with Gasteiger partial charge in [-0.1, -0.05) is 24.3 Å². The minimum Gasteiger partial charge on any atom is -0.344 e. The zero-order valence-electron chi connectivity index (χ0n) is 18.6. The minimum absolute atomic E-state index is 0.134. The molecule has 1 fully saturated rings. The van der Waals surface area contributed by atoms with E-state index in [-0.39, 0.29) is 23.5 Å². The van der Waals surface area contributed by atoms with E-state index in [2.05, 4.69) is 20.7 Å². The van der Waals surface area contributed by atoms with E-state index < -0.39 is 4.92 Å². The van der Waals surface area contributed by atoms with Gasteiger partial charge in [0.15, 0.2) is 0 Å². The number of pyridine rings is 2. The van der Waals surface area contributed by atoms with Gasteiger partial charge in [0.2, 0.25) is 0 Å². The highest BCUT2D eigenvalue weighted by Gasteiger charge is 2.33. The Kier molecular flexibility index (Phi) is 5.83. The molecule has 4 N–H and O–H groups in total. The average Bonchev–Trinajstić information content (AvgIpc) is 2.86. The van der Waals surface area contributed by atoms with E-state index in [9.17, 15) is 20.0 Å². The Labute approximate surface area is 200 Å². The third-order valence-corrected chi connectivity index (χ3v) is 5.77. The summed E-state index contributed by atoms with van der Waals surface area (Å²) < 4.78 is 0. The number of anilines is 1. The van der Waals surface area contributed by atoms with Gasteiger partial charge in [-0.05, 0) is 42.5 Å². The van der Waals surface area contributed by atoms with E-state index in [1.165, 1.54) is 0 Å². The van der Waals surface area contributed by atoms with Crippen LogP contribution >= 0.6 is 0 Å². The molecule has 1 saturated heterocycles. The normalized spacial score (nSPS) is 13.8. The standard InChI is InChI=1S/C25H22N6O4/c32-24(21-7-1-2-13-26-21)28-20-15-30(16-20)25(33)18-9-11-19(12-10-18)29-31(34,35)22-8-3-5-17-6-4-14-27-23(17)22/h1-14,20,34-35H,15-16H2,(H-,28,29,32,33)/p+1. The van der Waals surface area contributed by atoms with E-state index >= 15 is 0 Å². The Morgan fingerprint density at radius 2 is 1.63 bits per heavy atom. The summed E-state index contributed by atoms with van der Waals surface area (Å²) in [5.74, 6) is -0.443. The van der Waals surface area contributed by atoms with Crippen LogP contribution in [0.5, 0.6) is 0 Å². The Morgan fingerprint density at radius 3 is 2.37 bits per heavy atom. The number of aromatic nitrogens is 2. The lowest BCUT2D eigenvalue weighted by Crippen LogP contribution is -2.61. The predicted molar refractivity (Wildman–Crippen MR) is 129 cm³/mol. The van der Waals surface area contributed by atoms with Gasteiger partial charge in [-0.3, -0.25) is 14.6 Å². The van der Waals surface area contributed by atoms with Crippen LogP contribution in [-0.2, 0) is 0 Å². The number of nitrogens with one attached hydrogen (secondary N) is 2. The lowest BCUT2D eigenvalue weighted by molar-refractivity contribution is -0.271. The first-order chi connectivity index (χ1) is 16.9. The fourth-order valence-corrected chi connectivity index (χ4v) is 3.94. The molecule has 5 rings (SSSR count). The van der Waals surface area contributed by atoms with Gasteiger partial charge in [0, 0.05) is 42.5 Å². The molecule has 2 aromatic heterocycles. The number of amides is 2. The zero-order chi connectivity index (χ0) is 24.4. The van der Waals surface area contributed by atoms with Crippen LogP contribution in [0.25, 0.3) is 10.9 Å². The average molecular weight is 471 g/mol. The van der Waals surface area contributed by atoms with Crippen LogP contribution in [0.15, 0.2) is 85.2 Å². The van der Waals surface area contributed by atoms with Crippen molar-refractivity contribution in [1.82, 2.24) is 25.1 Å². The highest BCUT2D eigenvalue weighted by Crippen LogP contribution is 2.28. The molecule has 0 bridgehead atoms. The zero-order valence-corrected chi connectivity index (χ0v) is 18.6. The largest absolute Gasteiger partial charge is 0.344 e. The maximum atomic E-state index is 12.8. The van der Waals surface area contributed by atoms with E-state index in [4.69, 9.17) is 0 Å². The second-order valence-corrected chi connectivity index (χ2v) is 8.24. The van der Waals surface area contributed by atoms with Crippen LogP contribution < -0.4 is 15.7 Å². The maximum absolute atomic E-state index is 12.8. The van der Waals surface area contributed by atoms with Crippen LogP contribution in [0.3, 0.4) is 0 Å². The monoisotopic (exact) mass is 471 g/mol. The van der Waals surface area contributed by atoms with Gasteiger partial charge in [-0.15, -0.1) is 10.4 Å². The molecule has 0 unspecified atom stereocenters. The highest BCUT2D eigenvalue weighted by molar-refractivity contribution is 5.96. The third kappa shape index (κ3) is 4.66. The molecule has 0 aliphatic carbocycles. The Bertz CT molecular complexity index is 1370. The molecule has 0 atom stereocenters. The molecule has 2 aromatic carbocycles. The van der Waals surface area contributed by atoms with Crippen molar-refractivity contribution in [2.24, 2.45) is 0 Å². The number of hydrogen-bond donors (Lipinski definition) is 4. The summed E-state index contributed by atoms with van der Waals surface area (Å²) in [4.78, 5) is 33.2. The van der Waals surface area contributed by atoms with Crippen molar-refractivity contribution in [2.45, 2.75) is 6.04 Å². The number of benzene rings is 2. The summed E-state index contributed by atoms with van der Waals surface area (Å²) in [6.45, 7) is 0.803. The number of carbonyl (C=O) groups excluding carboxylic acids is 2. The Balaban J connectivity index is 1.20. The molecule has 10 heteroatoms. The maximum Gasteiger partial charge on any atom is 0.270 e. The van der Waals surface area contributed by atoms with Crippen molar-refractivity contribution < 1.29 is 20.0 Å². The molecule has 10 nitrogen and oxygen atoms in total. The van der Waals surface area contributed by atoms with Gasteiger partial charge in [0.25, 0.3) is 17.5 Å². The first-order valence-electron chi connectivity index (χ1n) is 11.0. The van der Waals surface area contributed by atoms with E-state index in [0.717, 1.165) is 5.39 Å². The topological polar surface area (TPSA) is 128 Å². The van der Waals surface area contributed by atoms with Crippen LogP contribution in [-0.4, -0.2) is 56.2 Å². The first kappa shape index (κ1) is 22.4. The first-order valence-corrected chi connectivity index (χ1v) is 11.0. The SMILES string of the molecule is O=C(NC1CN(C(=O)c2ccc(N[N+](O)(O)c3cccc4cccnc34)cc2)C1)c1ccccn1. The Hall–Kier alpha value is -4.38. The summed E-state index contributed by atoms with van der Waals surface area (Å²) >= 11 is 0. The molecular formula is C25H23N6O4+. The fourth-order valence-electron chi connectivity index (χ4n) is 3.94. The summed E-state index contributed by atoms with van der Waals surface area (Å²) in [7, 11) is 0. The number of hydrogen-bond acceptors (Lipinski definition) is 7. The summed E-state index contributed by atoms with van der Waals surface area (Å²) in [6.07, 6.45) is 3.13. The molecule has 4 aromatic rings. The second-order valence-electron chi connectivity index (χ2n) is 8.24. The molecule has 0 saturated carbocycles. The van der Waals surface area contributed by atoms with Gasteiger partial charge >= 0.3 is 0 Å². The second kappa shape index (κ2) is 9.11. The van der Waals surface area contributed by atoms with Crippen molar-refractivity contribution in [3.05, 3.63) is 96.4 Å². The predicted octanol–water partition coefficient (Wildman–Crippen LogP) is 3.00. The summed E-state index contributed by atoms with van der Waals surface area (Å²) in [5, 5.41) is 25.0. The van der Waals surface area contributed by atoms with Gasteiger partial charge in [-0.2, -0.15) is 5.43 Å². The molecule has 35 heavy (non-hydrogen) atoms. The minimum atomic E-state index is -1.61. The quantitative estimate of drug-likeness (QED) is 0.251. The lowest BCUT2D eigenvalue weighted by Gasteiger charge is -2.39. The van der Waals surface area contributed by atoms with Crippen molar-refractivity contribution in [2.75, 3.05) is 18.5 Å². The van der Waals surface area contributed by atoms with Crippen LogP contribution in [0.4, 0.5) is 11.4 Å². The molecule has 3 heterocycles. The number of rotatable bonds is 6. The van der Waals surface area contributed by atoms with E-state index in [0.29, 0.717) is 35.6 Å². The third-order valence-electron chi connectivity index (χ3n) is 5.77. The number of fused-ring (bicyclic) bond motifs is 1. The molecule has 2 amide bonds. The molecule has 0 radical (unpaired) electrons. The number of para-hydroxylation sites is 1. The number of carbonyl (C=O) groups is 2. The molecule has 0 spiro atoms. The summed E-state index contributed by atoms with van der Waals surface area (Å²) in [5.41, 5.74) is 4.40. The van der Waals surface area contributed by atoms with Crippen LogP contribution in [0.1, 0.15) is 20.8 Å². The lowest BCUT2D eigenvalue weighted by atomic mass is 10.1. The van der Waals surface area contributed by atoms with Crippen molar-refractivity contribution in [3.8, 4) is 0 Å². The van der Waals surface area contributed by atoms with Crippen molar-refractivity contribution in [3.63, 3.8) is 0 Å². The molecule has 176 valence electrons. The van der Waals surface area contributed by atoms with E-state index in [1.54, 1.807) is 78.0 Å². The molecule has 1 aliphatic heterocycles. The van der Waals surface area contributed by atoms with Crippen LogP contribution in [0.2, 0.25) is 0 Å². The number of nitrogens with zero attached hydrogens (tertiary/aromatic N) is 4. The van der Waals surface area contributed by atoms with Gasteiger partial charge in [0.1, 0.15) is 11.2 Å². The number of likely N-dealkylation sites (tertiary alicyclic amines) is 1. The smallest absolute Gasteiger partial charge is 0.270 e. The van der Waals surface area contributed by atoms with Crippen LogP contribution in [0, 0.1) is 0 Å². The number of quaternary nitrogens is 1. The van der Waals surface area contributed by atoms with Crippen molar-refractivity contribution in [1.29, 1.82) is 0 Å². The summed E-state index contributed by atoms with van der Waals surface area (Å²) in [6, 6.07) is 20.1. The van der Waals surface area contributed by atoms with Gasteiger partial charge in [0.05, 0.1) is 16.6 Å². The highest BCUT2D eigenvalue weighted by atomic mass is 16.9. The van der Waals surface area contributed by atoms with Crippen molar-refractivity contribution >= 4 is 34.1 Å². The van der Waals surface area contributed by atoms with Gasteiger partial charge in [-0.25, -0.2) is 4.98 Å². The fraction of sp³-hybridized carbons (Fsp3) is 0.120.